The second-order valence-corrected chi connectivity index (χ2v) is 6.02. The number of amides is 1. The lowest BCUT2D eigenvalue weighted by Crippen LogP contribution is -2.15. The number of hydrogen-bond acceptors (Lipinski definition) is 3. The molecule has 0 atom stereocenters. The highest BCUT2D eigenvalue weighted by Crippen LogP contribution is 2.17. The molecule has 0 aromatic heterocycles. The van der Waals surface area contributed by atoms with Crippen LogP contribution in [0.15, 0.2) is 48.5 Å². The zero-order valence-corrected chi connectivity index (χ0v) is 13.5. The van der Waals surface area contributed by atoms with Crippen LogP contribution < -0.4 is 5.32 Å². The van der Waals surface area contributed by atoms with Crippen molar-refractivity contribution in [2.45, 2.75) is 25.7 Å². The Morgan fingerprint density at radius 2 is 1.91 bits per heavy atom. The van der Waals surface area contributed by atoms with Crippen molar-refractivity contribution in [1.82, 2.24) is 0 Å². The monoisotopic (exact) mass is 315 g/mol. The molecule has 0 fully saturated rings. The van der Waals surface area contributed by atoms with Crippen LogP contribution in [-0.2, 0) is 23.6 Å². The number of para-hydroxylation sites is 1. The molecule has 0 aliphatic heterocycles. The van der Waals surface area contributed by atoms with Crippen molar-refractivity contribution < 1.29 is 9.90 Å². The number of hydrogen-bond donors (Lipinski definition) is 2. The van der Waals surface area contributed by atoms with Gasteiger partial charge in [0.05, 0.1) is 12.4 Å². The molecular formula is C18H21NO2S. The molecule has 2 N–H and O–H groups in total. The van der Waals surface area contributed by atoms with Gasteiger partial charge in [-0.15, -0.1) is 11.8 Å². The van der Waals surface area contributed by atoms with Gasteiger partial charge in [0.2, 0.25) is 5.91 Å². The quantitative estimate of drug-likeness (QED) is 0.820. The SMILES string of the molecule is CCc1ccccc1NC(=O)CSCc1cccc(CO)c1. The van der Waals surface area contributed by atoms with Crippen LogP contribution >= 0.6 is 11.8 Å². The summed E-state index contributed by atoms with van der Waals surface area (Å²) in [6, 6.07) is 15.7. The number of carbonyl (C=O) groups excluding carboxylic acids is 1. The maximum atomic E-state index is 12.0. The van der Waals surface area contributed by atoms with E-state index in [1.165, 1.54) is 0 Å². The van der Waals surface area contributed by atoms with Gasteiger partial charge in [0.15, 0.2) is 0 Å². The maximum Gasteiger partial charge on any atom is 0.234 e. The summed E-state index contributed by atoms with van der Waals surface area (Å²) in [6.45, 7) is 2.13. The number of aliphatic hydroxyl groups excluding tert-OH is 1. The summed E-state index contributed by atoms with van der Waals surface area (Å²) in [5.74, 6) is 1.20. The van der Waals surface area contributed by atoms with Crippen LogP contribution in [0.1, 0.15) is 23.6 Å². The van der Waals surface area contributed by atoms with E-state index in [4.69, 9.17) is 5.11 Å². The molecule has 1 amide bonds. The first-order chi connectivity index (χ1) is 10.7. The Kier molecular flexibility index (Phi) is 6.49. The topological polar surface area (TPSA) is 49.3 Å². The molecule has 0 aliphatic rings. The highest BCUT2D eigenvalue weighted by molar-refractivity contribution is 7.99. The summed E-state index contributed by atoms with van der Waals surface area (Å²) in [7, 11) is 0. The van der Waals surface area contributed by atoms with Crippen LogP contribution in [0, 0.1) is 0 Å². The van der Waals surface area contributed by atoms with Crippen molar-refractivity contribution in [2.75, 3.05) is 11.1 Å². The lowest BCUT2D eigenvalue weighted by Gasteiger charge is -2.09. The number of aryl methyl sites for hydroxylation is 1. The Morgan fingerprint density at radius 1 is 1.14 bits per heavy atom. The second kappa shape index (κ2) is 8.61. The molecule has 0 saturated heterocycles. The summed E-state index contributed by atoms with van der Waals surface area (Å²) >= 11 is 1.57. The van der Waals surface area contributed by atoms with E-state index >= 15 is 0 Å². The molecule has 2 aromatic rings. The zero-order valence-electron chi connectivity index (χ0n) is 12.7. The van der Waals surface area contributed by atoms with Crippen molar-refractivity contribution in [3.63, 3.8) is 0 Å². The summed E-state index contributed by atoms with van der Waals surface area (Å²) < 4.78 is 0. The highest BCUT2D eigenvalue weighted by Gasteiger charge is 2.06. The van der Waals surface area contributed by atoms with Crippen LogP contribution in [0.3, 0.4) is 0 Å². The number of aliphatic hydroxyl groups is 1. The van der Waals surface area contributed by atoms with E-state index in [2.05, 4.69) is 12.2 Å². The summed E-state index contributed by atoms with van der Waals surface area (Å²) in [5.41, 5.74) is 4.08. The third-order valence-electron chi connectivity index (χ3n) is 3.35. The van der Waals surface area contributed by atoms with Crippen molar-refractivity contribution in [1.29, 1.82) is 0 Å². The molecule has 0 bridgehead atoms. The summed E-state index contributed by atoms with van der Waals surface area (Å²) in [5, 5.41) is 12.1. The standard InChI is InChI=1S/C18H21NO2S/c1-2-16-8-3-4-9-17(16)19-18(21)13-22-12-15-7-5-6-14(10-15)11-20/h3-10,20H,2,11-13H2,1H3,(H,19,21). The number of nitrogens with one attached hydrogen (secondary N) is 1. The number of carbonyl (C=O) groups is 1. The first-order valence-corrected chi connectivity index (χ1v) is 8.52. The fourth-order valence-corrected chi connectivity index (χ4v) is 2.99. The van der Waals surface area contributed by atoms with E-state index in [-0.39, 0.29) is 12.5 Å². The number of thioether (sulfide) groups is 1. The molecule has 2 aromatic carbocycles. The van der Waals surface area contributed by atoms with Gasteiger partial charge < -0.3 is 10.4 Å². The Morgan fingerprint density at radius 3 is 2.68 bits per heavy atom. The first kappa shape index (κ1) is 16.6. The van der Waals surface area contributed by atoms with Crippen LogP contribution in [0.5, 0.6) is 0 Å². The predicted octanol–water partition coefficient (Wildman–Crippen LogP) is 3.61. The van der Waals surface area contributed by atoms with Crippen LogP contribution in [0.2, 0.25) is 0 Å². The summed E-state index contributed by atoms with van der Waals surface area (Å²) in [6.07, 6.45) is 0.900. The molecule has 4 heteroatoms. The lowest BCUT2D eigenvalue weighted by atomic mass is 10.1. The summed E-state index contributed by atoms with van der Waals surface area (Å²) in [4.78, 5) is 12.0. The van der Waals surface area contributed by atoms with E-state index in [1.807, 2.05) is 48.5 Å². The van der Waals surface area contributed by atoms with E-state index in [0.717, 1.165) is 34.6 Å². The van der Waals surface area contributed by atoms with Gasteiger partial charge in [-0.05, 0) is 29.2 Å². The molecule has 3 nitrogen and oxygen atoms in total. The average Bonchev–Trinajstić information content (AvgIpc) is 2.55. The Balaban J connectivity index is 1.82. The van der Waals surface area contributed by atoms with Gasteiger partial charge in [0.25, 0.3) is 0 Å². The smallest absolute Gasteiger partial charge is 0.234 e. The van der Waals surface area contributed by atoms with Crippen molar-refractivity contribution in [3.8, 4) is 0 Å². The number of anilines is 1. The van der Waals surface area contributed by atoms with Gasteiger partial charge >= 0.3 is 0 Å². The van der Waals surface area contributed by atoms with Crippen molar-refractivity contribution in [2.24, 2.45) is 0 Å². The first-order valence-electron chi connectivity index (χ1n) is 7.37. The predicted molar refractivity (Wildman–Crippen MR) is 93.0 cm³/mol. The molecule has 2 rings (SSSR count). The Labute approximate surface area is 135 Å². The average molecular weight is 315 g/mol. The van der Waals surface area contributed by atoms with E-state index in [0.29, 0.717) is 5.75 Å². The molecule has 22 heavy (non-hydrogen) atoms. The van der Waals surface area contributed by atoms with E-state index in [9.17, 15) is 4.79 Å². The minimum Gasteiger partial charge on any atom is -0.392 e. The second-order valence-electron chi connectivity index (χ2n) is 5.03. The van der Waals surface area contributed by atoms with Gasteiger partial charge in [-0.25, -0.2) is 0 Å². The zero-order chi connectivity index (χ0) is 15.8. The normalized spacial score (nSPS) is 10.5. The van der Waals surface area contributed by atoms with Crippen molar-refractivity contribution in [3.05, 3.63) is 65.2 Å². The van der Waals surface area contributed by atoms with Gasteiger partial charge in [0, 0.05) is 11.4 Å². The molecule has 0 spiro atoms. The van der Waals surface area contributed by atoms with Gasteiger partial charge in [0.1, 0.15) is 0 Å². The van der Waals surface area contributed by atoms with E-state index in [1.54, 1.807) is 11.8 Å². The fraction of sp³-hybridized carbons (Fsp3) is 0.278. The molecule has 0 unspecified atom stereocenters. The third-order valence-corrected chi connectivity index (χ3v) is 4.35. The molecule has 0 heterocycles. The Bertz CT molecular complexity index is 628. The molecule has 116 valence electrons. The van der Waals surface area contributed by atoms with Crippen LogP contribution in [0.25, 0.3) is 0 Å². The molecular weight excluding hydrogens is 294 g/mol. The van der Waals surface area contributed by atoms with Gasteiger partial charge in [-0.1, -0.05) is 49.4 Å². The van der Waals surface area contributed by atoms with Gasteiger partial charge in [-0.2, -0.15) is 0 Å². The van der Waals surface area contributed by atoms with Crippen molar-refractivity contribution >= 4 is 23.4 Å². The Hall–Kier alpha value is -1.78. The molecule has 0 aliphatic carbocycles. The minimum atomic E-state index is 0.0178. The number of rotatable bonds is 7. The highest BCUT2D eigenvalue weighted by atomic mass is 32.2. The van der Waals surface area contributed by atoms with Gasteiger partial charge in [-0.3, -0.25) is 4.79 Å². The minimum absolute atomic E-state index is 0.0178. The van der Waals surface area contributed by atoms with Crippen LogP contribution in [0.4, 0.5) is 5.69 Å². The largest absolute Gasteiger partial charge is 0.392 e. The van der Waals surface area contributed by atoms with Crippen LogP contribution in [-0.4, -0.2) is 16.8 Å². The fourth-order valence-electron chi connectivity index (χ4n) is 2.22. The lowest BCUT2D eigenvalue weighted by molar-refractivity contribution is -0.113. The maximum absolute atomic E-state index is 12.0. The van der Waals surface area contributed by atoms with E-state index < -0.39 is 0 Å². The molecule has 0 radical (unpaired) electrons. The number of benzene rings is 2. The third kappa shape index (κ3) is 4.90. The molecule has 0 saturated carbocycles.